The molecule has 0 N–H and O–H groups in total. The minimum atomic E-state index is -2.33. The molecule has 0 spiro atoms. The van der Waals surface area contributed by atoms with Crippen LogP contribution in [0.2, 0.25) is 0 Å². The first-order chi connectivity index (χ1) is 18.7. The molecule has 0 aromatic heterocycles. The van der Waals surface area contributed by atoms with Crippen molar-refractivity contribution in [1.82, 2.24) is 18.7 Å². The quantitative estimate of drug-likeness (QED) is 0.0736. The van der Waals surface area contributed by atoms with Gasteiger partial charge in [0.25, 0.3) is 8.37 Å². The van der Waals surface area contributed by atoms with Gasteiger partial charge in [-0.25, -0.2) is 18.7 Å². The first-order valence-corrected chi connectivity index (χ1v) is 20.5. The smallest absolute Gasteiger partial charge is 0.247 e. The highest BCUT2D eigenvalue weighted by Crippen LogP contribution is 2.63. The molecule has 0 saturated heterocycles. The highest BCUT2D eigenvalue weighted by Gasteiger charge is 2.45. The van der Waals surface area contributed by atoms with Crippen LogP contribution in [0, 0.1) is 0 Å². The third-order valence-electron chi connectivity index (χ3n) is 8.43. The molecule has 0 aliphatic heterocycles. The Bertz CT molecular complexity index is 805. The molecule has 1 unspecified atom stereocenters. The monoisotopic (exact) mass is 615 g/mol. The molecule has 2 aliphatic carbocycles. The Kier molecular flexibility index (Phi) is 15.5. The fourth-order valence-electron chi connectivity index (χ4n) is 7.26. The highest BCUT2D eigenvalue weighted by atomic mass is 32.7. The molecule has 40 heavy (non-hydrogen) atoms. The molecule has 0 aromatic carbocycles. The summed E-state index contributed by atoms with van der Waals surface area (Å²) < 4.78 is 10.6. The van der Waals surface area contributed by atoms with E-state index in [1.54, 1.807) is 0 Å². The van der Waals surface area contributed by atoms with E-state index in [1.807, 2.05) is 0 Å². The van der Waals surface area contributed by atoms with Crippen LogP contribution in [-0.2, 0) is 0 Å². The zero-order valence-corrected chi connectivity index (χ0v) is 30.9. The molecule has 0 amide bonds. The van der Waals surface area contributed by atoms with Gasteiger partial charge < -0.3 is 0 Å². The third kappa shape index (κ3) is 9.42. The summed E-state index contributed by atoms with van der Waals surface area (Å²) in [7, 11) is -0.987. The molecular formula is C31H65N6P2S+. The van der Waals surface area contributed by atoms with E-state index in [0.717, 1.165) is 0 Å². The first-order valence-electron chi connectivity index (χ1n) is 16.5. The molecular weight excluding hydrogens is 550 g/mol. The summed E-state index contributed by atoms with van der Waals surface area (Å²) in [5.74, 6) is 0. The molecule has 0 aromatic rings. The van der Waals surface area contributed by atoms with Crippen molar-refractivity contribution in [3.63, 3.8) is 0 Å². The van der Waals surface area contributed by atoms with E-state index in [2.05, 4.69) is 107 Å². The SMILES string of the molecule is CC(C)N(C(C)C)P(N=[N+]=C=P(S)(N(C(C)C)C(C)C)N(C1CCCCC1)C1CCCCC1)N(C(C)C)C(C)C. The summed E-state index contributed by atoms with van der Waals surface area (Å²) in [4.78, 5) is 10.2. The van der Waals surface area contributed by atoms with E-state index in [0.29, 0.717) is 48.3 Å². The minimum Gasteiger partial charge on any atom is -0.247 e. The largest absolute Gasteiger partial charge is 0.381 e. The molecule has 2 saturated carbocycles. The normalized spacial score (nSPS) is 19.9. The van der Waals surface area contributed by atoms with Gasteiger partial charge in [-0.1, -0.05) is 38.5 Å². The standard InChI is InChI=1S/C31H65N6P2S/c1-24(2)34(25(3)4)38(35(26(5)6)27(7)8)33-32-23-39(40,36(28(9)10)29(11)12)37(30-19-15-13-16-20-30)31-21-17-14-18-22-31/h24-31,40H,13-22H2,1-12H3/q+1. The van der Waals surface area contributed by atoms with Gasteiger partial charge >= 0.3 is 5.59 Å². The van der Waals surface area contributed by atoms with Gasteiger partial charge in [-0.3, -0.25) is 0 Å². The Balaban J connectivity index is 2.88. The molecule has 0 heterocycles. The predicted molar refractivity (Wildman–Crippen MR) is 182 cm³/mol. The van der Waals surface area contributed by atoms with Crippen molar-refractivity contribution in [2.75, 3.05) is 0 Å². The molecule has 2 aliphatic rings. The second-order valence-corrected chi connectivity index (χ2v) is 19.4. The van der Waals surface area contributed by atoms with Gasteiger partial charge in [-0.15, -0.1) is 12.2 Å². The van der Waals surface area contributed by atoms with Crippen LogP contribution in [0.1, 0.15) is 147 Å². The van der Waals surface area contributed by atoms with Gasteiger partial charge in [0.1, 0.15) is 9.67 Å². The summed E-state index contributed by atoms with van der Waals surface area (Å²) in [6.07, 6.45) is 10.8. The van der Waals surface area contributed by atoms with Crippen LogP contribution < -0.4 is 0 Å². The molecule has 9 heteroatoms. The Morgan fingerprint density at radius 1 is 0.625 bits per heavy atom. The van der Waals surface area contributed by atoms with Gasteiger partial charge in [0.15, 0.2) is 0 Å². The van der Waals surface area contributed by atoms with Crippen molar-refractivity contribution < 1.29 is 4.79 Å². The van der Waals surface area contributed by atoms with E-state index in [4.69, 9.17) is 21.9 Å². The van der Waals surface area contributed by atoms with Gasteiger partial charge in [0, 0.05) is 48.3 Å². The van der Waals surface area contributed by atoms with Crippen LogP contribution in [-0.4, -0.2) is 77.4 Å². The third-order valence-corrected chi connectivity index (χ3v) is 16.1. The van der Waals surface area contributed by atoms with Gasteiger partial charge in [0.2, 0.25) is 6.39 Å². The van der Waals surface area contributed by atoms with Crippen molar-refractivity contribution in [3.8, 4) is 0 Å². The topological polar surface area (TPSA) is 39.4 Å². The first kappa shape index (κ1) is 36.5. The molecule has 0 bridgehead atoms. The number of hydrogen-bond acceptors (Lipinski definition) is 6. The number of rotatable bonds is 13. The molecule has 0 radical (unpaired) electrons. The lowest BCUT2D eigenvalue weighted by Crippen LogP contribution is -2.48. The van der Waals surface area contributed by atoms with E-state index >= 15 is 0 Å². The van der Waals surface area contributed by atoms with Crippen molar-refractivity contribution in [1.29, 1.82) is 0 Å². The summed E-state index contributed by atoms with van der Waals surface area (Å²) in [6, 6.07) is 3.36. The van der Waals surface area contributed by atoms with E-state index in [9.17, 15) is 0 Å². The van der Waals surface area contributed by atoms with Gasteiger partial charge in [-0.2, -0.15) is 0 Å². The highest BCUT2D eigenvalue weighted by molar-refractivity contribution is 8.49. The number of hydrogen-bond donors (Lipinski definition) is 1. The predicted octanol–water partition coefficient (Wildman–Crippen LogP) is 9.80. The van der Waals surface area contributed by atoms with Crippen LogP contribution >= 0.6 is 27.0 Å². The van der Waals surface area contributed by atoms with Gasteiger partial charge in [-0.05, 0) is 109 Å². The molecule has 234 valence electrons. The van der Waals surface area contributed by atoms with Crippen molar-refractivity contribution in [2.24, 2.45) is 4.88 Å². The fourth-order valence-corrected chi connectivity index (χ4v) is 15.0. The molecule has 1 atom stereocenters. The Labute approximate surface area is 256 Å². The second-order valence-electron chi connectivity index (χ2n) is 13.8. The van der Waals surface area contributed by atoms with E-state index in [-0.39, 0.29) is 0 Å². The van der Waals surface area contributed by atoms with Crippen LogP contribution in [0.25, 0.3) is 0 Å². The molecule has 6 nitrogen and oxygen atoms in total. The lowest BCUT2D eigenvalue weighted by atomic mass is 9.91. The Morgan fingerprint density at radius 2 is 0.975 bits per heavy atom. The van der Waals surface area contributed by atoms with Crippen LogP contribution in [0.5, 0.6) is 0 Å². The maximum absolute atomic E-state index is 5.75. The van der Waals surface area contributed by atoms with Crippen LogP contribution in [0.3, 0.4) is 0 Å². The maximum atomic E-state index is 5.75. The van der Waals surface area contributed by atoms with Crippen LogP contribution in [0.15, 0.2) is 4.88 Å². The zero-order valence-electron chi connectivity index (χ0n) is 28.2. The van der Waals surface area contributed by atoms with Crippen molar-refractivity contribution in [3.05, 3.63) is 0 Å². The zero-order chi connectivity index (χ0) is 30.2. The van der Waals surface area contributed by atoms with Crippen molar-refractivity contribution in [2.45, 2.75) is 196 Å². The number of thiol groups is 1. The van der Waals surface area contributed by atoms with E-state index < -0.39 is 14.8 Å². The average molecular weight is 616 g/mol. The lowest BCUT2D eigenvalue weighted by Gasteiger charge is -2.50. The fraction of sp³-hybridized carbons (Fsp3) is 0.968. The maximum Gasteiger partial charge on any atom is 0.381 e. The Morgan fingerprint density at radius 3 is 1.27 bits per heavy atom. The lowest BCUT2D eigenvalue weighted by molar-refractivity contribution is -0.0599. The average Bonchev–Trinajstić information content (AvgIpc) is 2.84. The molecule has 2 rings (SSSR count). The summed E-state index contributed by atoms with van der Waals surface area (Å²) in [6.45, 7) is 27.6. The van der Waals surface area contributed by atoms with Crippen molar-refractivity contribution >= 4 is 32.6 Å². The summed E-state index contributed by atoms with van der Waals surface area (Å²) >= 11 is 5.75. The second kappa shape index (κ2) is 17.0. The number of nitrogens with zero attached hydrogens (tertiary/aromatic N) is 6. The van der Waals surface area contributed by atoms with Gasteiger partial charge in [0.05, 0.1) is 0 Å². The minimum absolute atomic E-state index is 0.357. The summed E-state index contributed by atoms with van der Waals surface area (Å²) in [5, 5.41) is 0. The van der Waals surface area contributed by atoms with E-state index in [1.165, 1.54) is 64.2 Å². The Hall–Kier alpha value is 0.340. The molecule has 2 fully saturated rings. The van der Waals surface area contributed by atoms with Crippen LogP contribution in [0.4, 0.5) is 0 Å². The summed E-state index contributed by atoms with van der Waals surface area (Å²) in [5.41, 5.74) is 3.80.